The molecule has 7 nitrogen and oxygen atoms in total. The van der Waals surface area contributed by atoms with Crippen molar-refractivity contribution in [3.8, 4) is 16.9 Å². The molecule has 4 aromatic carbocycles. The maximum absolute atomic E-state index is 14.8. The van der Waals surface area contributed by atoms with Gasteiger partial charge in [-0.1, -0.05) is 23.7 Å². The first-order chi connectivity index (χ1) is 23.2. The minimum Gasteiger partial charge on any atom is -0.497 e. The summed E-state index contributed by atoms with van der Waals surface area (Å²) in [5, 5.41) is 2.68. The predicted octanol–water partition coefficient (Wildman–Crippen LogP) is 8.01. The molecule has 1 aromatic heterocycles. The number of ether oxygens (including phenoxy) is 1. The van der Waals surface area contributed by atoms with E-state index in [-0.39, 0.29) is 45.6 Å². The number of aryl methyl sites for hydroxylation is 1. The van der Waals surface area contributed by atoms with Gasteiger partial charge in [0.05, 0.1) is 18.7 Å². The van der Waals surface area contributed by atoms with Crippen molar-refractivity contribution in [2.45, 2.75) is 18.8 Å². The number of rotatable bonds is 7. The number of amides is 2. The largest absolute Gasteiger partial charge is 0.497 e. The van der Waals surface area contributed by atoms with Crippen molar-refractivity contribution in [1.29, 1.82) is 0 Å². The average molecular weight is 694 g/mol. The molecular weight excluding hydrogens is 669 g/mol. The Kier molecular flexibility index (Phi) is 8.76. The number of methoxy groups -OCH3 is 1. The fourth-order valence-electron chi connectivity index (χ4n) is 5.80. The van der Waals surface area contributed by atoms with E-state index in [1.54, 1.807) is 30.3 Å². The van der Waals surface area contributed by atoms with E-state index >= 15 is 0 Å². The van der Waals surface area contributed by atoms with Crippen LogP contribution in [0.5, 0.6) is 5.75 Å². The van der Waals surface area contributed by atoms with Gasteiger partial charge in [-0.25, -0.2) is 8.78 Å². The highest BCUT2D eigenvalue weighted by Crippen LogP contribution is 2.47. The van der Waals surface area contributed by atoms with Crippen LogP contribution in [0.15, 0.2) is 95.9 Å². The van der Waals surface area contributed by atoms with Gasteiger partial charge in [-0.3, -0.25) is 14.4 Å². The third-order valence-corrected chi connectivity index (χ3v) is 8.52. The highest BCUT2D eigenvalue weighted by molar-refractivity contribution is 6.31. The van der Waals surface area contributed by atoms with E-state index in [2.05, 4.69) is 5.32 Å². The number of fused-ring (bicyclic) bond motifs is 1. The van der Waals surface area contributed by atoms with Gasteiger partial charge in [-0.15, -0.1) is 0 Å². The minimum absolute atomic E-state index is 0.00356. The summed E-state index contributed by atoms with van der Waals surface area (Å²) in [6, 6.07) is 16.7. The summed E-state index contributed by atoms with van der Waals surface area (Å²) in [6.45, 7) is -0.00356. The molecule has 0 saturated heterocycles. The number of alkyl halides is 3. The first kappa shape index (κ1) is 33.4. The molecule has 1 atom stereocenters. The van der Waals surface area contributed by atoms with E-state index < -0.39 is 46.8 Å². The normalized spacial score (nSPS) is 14.2. The molecular formula is C36H25ClF5N3O4. The second-order valence-corrected chi connectivity index (χ2v) is 11.8. The lowest BCUT2D eigenvalue weighted by Gasteiger charge is -2.28. The van der Waals surface area contributed by atoms with Crippen LogP contribution >= 0.6 is 11.6 Å². The lowest BCUT2D eigenvalue weighted by atomic mass is 9.92. The monoisotopic (exact) mass is 693 g/mol. The van der Waals surface area contributed by atoms with E-state index in [4.69, 9.17) is 16.3 Å². The summed E-state index contributed by atoms with van der Waals surface area (Å²) in [5.41, 5.74) is -0.402. The van der Waals surface area contributed by atoms with Crippen molar-refractivity contribution in [1.82, 2.24) is 9.47 Å². The molecule has 6 rings (SSSR count). The third-order valence-electron chi connectivity index (χ3n) is 8.18. The van der Waals surface area contributed by atoms with Gasteiger partial charge < -0.3 is 19.5 Å². The number of nitrogens with one attached hydrogen (secondary N) is 1. The van der Waals surface area contributed by atoms with Crippen LogP contribution in [0.25, 0.3) is 11.1 Å². The van der Waals surface area contributed by atoms with Crippen molar-refractivity contribution in [3.05, 3.63) is 152 Å². The summed E-state index contributed by atoms with van der Waals surface area (Å²) in [7, 11) is 3.02. The van der Waals surface area contributed by atoms with Crippen molar-refractivity contribution in [2.75, 3.05) is 12.4 Å². The summed E-state index contributed by atoms with van der Waals surface area (Å²) < 4.78 is 76.2. The molecule has 250 valence electrons. The Hall–Kier alpha value is -5.49. The molecule has 0 spiro atoms. The van der Waals surface area contributed by atoms with Crippen LogP contribution < -0.4 is 15.6 Å². The van der Waals surface area contributed by atoms with Gasteiger partial charge in [0.2, 0.25) is 5.56 Å². The average Bonchev–Trinajstić information content (AvgIpc) is 3.33. The Morgan fingerprint density at radius 1 is 0.898 bits per heavy atom. The molecule has 13 heteroatoms. The van der Waals surface area contributed by atoms with Crippen molar-refractivity contribution in [3.63, 3.8) is 0 Å². The van der Waals surface area contributed by atoms with E-state index in [1.807, 2.05) is 0 Å². The quantitative estimate of drug-likeness (QED) is 0.175. The van der Waals surface area contributed by atoms with Gasteiger partial charge >= 0.3 is 6.18 Å². The molecule has 1 unspecified atom stereocenters. The number of benzene rings is 4. The van der Waals surface area contributed by atoms with Gasteiger partial charge in [-0.2, -0.15) is 13.2 Å². The molecule has 1 aliphatic rings. The fraction of sp³-hybridized carbons (Fsp3) is 0.139. The molecule has 0 fully saturated rings. The summed E-state index contributed by atoms with van der Waals surface area (Å²) in [4.78, 5) is 41.5. The number of anilines is 1. The molecule has 2 amide bonds. The summed E-state index contributed by atoms with van der Waals surface area (Å²) >= 11 is 6.60. The second kappa shape index (κ2) is 12.8. The lowest BCUT2D eigenvalue weighted by Crippen LogP contribution is -2.28. The molecule has 0 bridgehead atoms. The van der Waals surface area contributed by atoms with Crippen LogP contribution in [0.2, 0.25) is 5.02 Å². The smallest absolute Gasteiger partial charge is 0.416 e. The highest BCUT2D eigenvalue weighted by Gasteiger charge is 2.42. The van der Waals surface area contributed by atoms with Crippen LogP contribution in [0.3, 0.4) is 0 Å². The van der Waals surface area contributed by atoms with E-state index in [0.717, 1.165) is 12.1 Å². The molecule has 0 saturated carbocycles. The Balaban J connectivity index is 1.56. The van der Waals surface area contributed by atoms with Gasteiger partial charge in [0, 0.05) is 58.8 Å². The van der Waals surface area contributed by atoms with Crippen molar-refractivity contribution in [2.24, 2.45) is 7.05 Å². The van der Waals surface area contributed by atoms with Crippen LogP contribution in [0, 0.1) is 11.6 Å². The first-order valence-electron chi connectivity index (χ1n) is 14.7. The zero-order valence-corrected chi connectivity index (χ0v) is 26.5. The van der Waals surface area contributed by atoms with Gasteiger partial charge in [0.25, 0.3) is 11.8 Å². The van der Waals surface area contributed by atoms with Crippen molar-refractivity contribution >= 4 is 29.1 Å². The van der Waals surface area contributed by atoms with Crippen LogP contribution in [-0.2, 0) is 19.8 Å². The number of hydrogen-bond acceptors (Lipinski definition) is 4. The van der Waals surface area contributed by atoms with Gasteiger partial charge in [0.15, 0.2) is 0 Å². The Morgan fingerprint density at radius 3 is 2.31 bits per heavy atom. The topological polar surface area (TPSA) is 80.6 Å². The summed E-state index contributed by atoms with van der Waals surface area (Å²) in [5.74, 6) is -2.99. The second-order valence-electron chi connectivity index (χ2n) is 11.4. The number of pyridine rings is 1. The van der Waals surface area contributed by atoms with Gasteiger partial charge in [0.1, 0.15) is 17.4 Å². The van der Waals surface area contributed by atoms with E-state index in [9.17, 15) is 36.3 Å². The minimum atomic E-state index is -4.94. The zero-order chi connectivity index (χ0) is 35.2. The standard InChI is InChI=1S/C36H25ClF5N3O4/c1-44-18-20(5-10-31(44)46)21-13-28-32(30(14-21)43-34(47)22-11-23(36(40,41)42)15-25(39)12-22)33(27-16-24(38)6-9-29(27)37)45(35(28)48)17-19-3-7-26(49-2)8-4-19/h3-16,18,33H,17H2,1-2H3,(H,43,47). The molecule has 0 radical (unpaired) electrons. The molecule has 49 heavy (non-hydrogen) atoms. The maximum Gasteiger partial charge on any atom is 0.416 e. The summed E-state index contributed by atoms with van der Waals surface area (Å²) in [6.07, 6.45) is -3.43. The number of halogens is 6. The SMILES string of the molecule is COc1ccc(CN2C(=O)c3cc(-c4ccc(=O)n(C)c4)cc(NC(=O)c4cc(F)cc(C(F)(F)F)c4)c3C2c2cc(F)ccc2Cl)cc1. The Bertz CT molecular complexity index is 2180. The predicted molar refractivity (Wildman–Crippen MR) is 173 cm³/mol. The molecule has 1 aliphatic heterocycles. The maximum atomic E-state index is 14.8. The first-order valence-corrected chi connectivity index (χ1v) is 15.0. The van der Waals surface area contributed by atoms with Gasteiger partial charge in [-0.05, 0) is 83.4 Å². The van der Waals surface area contributed by atoms with Crippen LogP contribution in [0.4, 0.5) is 27.6 Å². The zero-order valence-electron chi connectivity index (χ0n) is 25.7. The van der Waals surface area contributed by atoms with Crippen molar-refractivity contribution < 1.29 is 36.3 Å². The highest BCUT2D eigenvalue weighted by atomic mass is 35.5. The van der Waals surface area contributed by atoms with Crippen LogP contribution in [0.1, 0.15) is 49.0 Å². The lowest BCUT2D eigenvalue weighted by molar-refractivity contribution is -0.137. The number of carbonyl (C=O) groups is 2. The Labute approximate surface area is 281 Å². The third kappa shape index (κ3) is 6.64. The number of nitrogens with zero attached hydrogens (tertiary/aromatic N) is 2. The van der Waals surface area contributed by atoms with E-state index in [0.29, 0.717) is 34.6 Å². The molecule has 2 heterocycles. The van der Waals surface area contributed by atoms with Crippen LogP contribution in [-0.4, -0.2) is 28.4 Å². The fourth-order valence-corrected chi connectivity index (χ4v) is 6.03. The van der Waals surface area contributed by atoms with E-state index in [1.165, 1.54) is 54.1 Å². The molecule has 5 aromatic rings. The molecule has 0 aliphatic carbocycles. The Morgan fingerprint density at radius 2 is 1.63 bits per heavy atom. The number of carbonyl (C=O) groups excluding carboxylic acids is 2. The molecule has 1 N–H and O–H groups in total. The number of aromatic nitrogens is 1. The number of hydrogen-bond donors (Lipinski definition) is 1.